The smallest absolute Gasteiger partial charge is 0.371 e. The lowest BCUT2D eigenvalue weighted by Gasteiger charge is -2.07. The van der Waals surface area contributed by atoms with Crippen LogP contribution in [-0.2, 0) is 4.79 Å². The van der Waals surface area contributed by atoms with Gasteiger partial charge in [-0.3, -0.25) is 4.79 Å². The number of terminal acetylenes is 1. The first-order valence-corrected chi connectivity index (χ1v) is 5.63. The summed E-state index contributed by atoms with van der Waals surface area (Å²) in [5.74, 6) is 0.786. The fourth-order valence-electron chi connectivity index (χ4n) is 1.01. The number of amides is 1. The molecule has 0 fully saturated rings. The first-order chi connectivity index (χ1) is 8.04. The molecule has 0 aromatic carbocycles. The third-order valence-electron chi connectivity index (χ3n) is 1.82. The third-order valence-corrected chi connectivity index (χ3v) is 2.84. The molecule has 0 spiro atoms. The number of hydrogen-bond acceptors (Lipinski definition) is 4. The maximum absolute atomic E-state index is 11.5. The summed E-state index contributed by atoms with van der Waals surface area (Å²) < 4.78 is 5.01. The van der Waals surface area contributed by atoms with Crippen LogP contribution in [0.1, 0.15) is 17.5 Å². The number of carboxylic acids is 1. The molecule has 0 aliphatic heterocycles. The normalized spacial score (nSPS) is 11.5. The molecule has 0 aliphatic rings. The Morgan fingerprint density at radius 2 is 2.35 bits per heavy atom. The number of furan rings is 1. The van der Waals surface area contributed by atoms with Gasteiger partial charge in [-0.05, 0) is 19.1 Å². The number of aromatic carboxylic acids is 1. The number of rotatable bonds is 5. The van der Waals surface area contributed by atoms with Gasteiger partial charge in [-0.2, -0.15) is 0 Å². The Bertz CT molecular complexity index is 460. The molecule has 1 atom stereocenters. The van der Waals surface area contributed by atoms with Crippen molar-refractivity contribution in [2.24, 2.45) is 0 Å². The molecule has 1 amide bonds. The van der Waals surface area contributed by atoms with Crippen LogP contribution < -0.4 is 5.32 Å². The second kappa shape index (κ2) is 6.01. The van der Waals surface area contributed by atoms with Crippen LogP contribution in [0.25, 0.3) is 0 Å². The highest BCUT2D eigenvalue weighted by Gasteiger charge is 2.17. The van der Waals surface area contributed by atoms with Gasteiger partial charge in [0.05, 0.1) is 11.8 Å². The van der Waals surface area contributed by atoms with E-state index in [1.54, 1.807) is 6.92 Å². The molecule has 0 saturated heterocycles. The topological polar surface area (TPSA) is 79.5 Å². The van der Waals surface area contributed by atoms with E-state index in [1.165, 1.54) is 12.1 Å². The Balaban J connectivity index is 2.55. The van der Waals surface area contributed by atoms with Gasteiger partial charge in [-0.25, -0.2) is 4.79 Å². The van der Waals surface area contributed by atoms with E-state index >= 15 is 0 Å². The molecule has 1 heterocycles. The van der Waals surface area contributed by atoms with Crippen molar-refractivity contribution in [3.05, 3.63) is 17.9 Å². The summed E-state index contributed by atoms with van der Waals surface area (Å²) in [6, 6.07) is 2.86. The molecule has 0 aliphatic carbocycles. The number of carbonyl (C=O) groups excluding carboxylic acids is 1. The van der Waals surface area contributed by atoms with E-state index in [-0.39, 0.29) is 18.2 Å². The van der Waals surface area contributed by atoms with Crippen LogP contribution in [0.4, 0.5) is 0 Å². The van der Waals surface area contributed by atoms with Gasteiger partial charge >= 0.3 is 5.97 Å². The van der Waals surface area contributed by atoms with E-state index in [1.807, 2.05) is 0 Å². The zero-order valence-electron chi connectivity index (χ0n) is 9.10. The molecular weight excluding hydrogens is 242 g/mol. The Hall–Kier alpha value is -1.87. The van der Waals surface area contributed by atoms with Crippen molar-refractivity contribution < 1.29 is 19.1 Å². The first kappa shape index (κ1) is 13.2. The molecule has 17 heavy (non-hydrogen) atoms. The molecule has 1 aromatic heterocycles. The lowest BCUT2D eigenvalue weighted by Crippen LogP contribution is -2.30. The lowest BCUT2D eigenvalue weighted by atomic mass is 10.4. The van der Waals surface area contributed by atoms with E-state index in [4.69, 9.17) is 15.9 Å². The Kier molecular flexibility index (Phi) is 4.67. The third kappa shape index (κ3) is 3.89. The summed E-state index contributed by atoms with van der Waals surface area (Å²) >= 11 is 1.13. The van der Waals surface area contributed by atoms with E-state index < -0.39 is 11.2 Å². The van der Waals surface area contributed by atoms with Crippen LogP contribution >= 0.6 is 11.8 Å². The summed E-state index contributed by atoms with van der Waals surface area (Å²) in [7, 11) is 0. The highest BCUT2D eigenvalue weighted by atomic mass is 32.2. The van der Waals surface area contributed by atoms with E-state index in [9.17, 15) is 9.59 Å². The van der Waals surface area contributed by atoms with Gasteiger partial charge in [-0.15, -0.1) is 6.42 Å². The molecular formula is C11H11NO4S. The average Bonchev–Trinajstić information content (AvgIpc) is 2.74. The van der Waals surface area contributed by atoms with Crippen molar-refractivity contribution in [2.45, 2.75) is 17.3 Å². The number of carboxylic acid groups (broad SMARTS) is 1. The fourth-order valence-corrected chi connectivity index (χ4v) is 1.83. The van der Waals surface area contributed by atoms with Crippen LogP contribution in [0.3, 0.4) is 0 Å². The van der Waals surface area contributed by atoms with Gasteiger partial charge < -0.3 is 14.8 Å². The highest BCUT2D eigenvalue weighted by Crippen LogP contribution is 2.25. The first-order valence-electron chi connectivity index (χ1n) is 4.75. The Morgan fingerprint density at radius 3 is 2.88 bits per heavy atom. The van der Waals surface area contributed by atoms with E-state index in [0.717, 1.165) is 11.8 Å². The molecule has 1 aromatic rings. The molecule has 5 nitrogen and oxygen atoms in total. The molecule has 6 heteroatoms. The molecule has 0 radical (unpaired) electrons. The van der Waals surface area contributed by atoms with E-state index in [2.05, 4.69) is 11.2 Å². The van der Waals surface area contributed by atoms with Crippen molar-refractivity contribution in [1.29, 1.82) is 0 Å². The molecule has 90 valence electrons. The Labute approximate surface area is 103 Å². The SMILES string of the molecule is C#CCNC(=O)C(C)Sc1ccc(C(=O)O)o1. The number of thioether (sulfide) groups is 1. The van der Waals surface area contributed by atoms with Crippen LogP contribution in [0.15, 0.2) is 21.6 Å². The fraction of sp³-hybridized carbons (Fsp3) is 0.273. The number of hydrogen-bond donors (Lipinski definition) is 2. The van der Waals surface area contributed by atoms with Gasteiger partial charge in [0.25, 0.3) is 0 Å². The quantitative estimate of drug-likeness (QED) is 0.609. The molecule has 2 N–H and O–H groups in total. The van der Waals surface area contributed by atoms with Gasteiger partial charge in [0.1, 0.15) is 0 Å². The van der Waals surface area contributed by atoms with Crippen molar-refractivity contribution in [2.75, 3.05) is 6.54 Å². The maximum atomic E-state index is 11.5. The molecule has 1 rings (SSSR count). The van der Waals surface area contributed by atoms with Crippen LogP contribution in [0.5, 0.6) is 0 Å². The van der Waals surface area contributed by atoms with Gasteiger partial charge in [0, 0.05) is 0 Å². The van der Waals surface area contributed by atoms with Crippen LogP contribution in [0, 0.1) is 12.3 Å². The minimum atomic E-state index is -1.14. The summed E-state index contributed by atoms with van der Waals surface area (Å²) in [4.78, 5) is 22.0. The largest absolute Gasteiger partial charge is 0.475 e. The minimum absolute atomic E-state index is 0.149. The van der Waals surface area contributed by atoms with Crippen molar-refractivity contribution >= 4 is 23.6 Å². The number of carbonyl (C=O) groups is 2. The summed E-state index contributed by atoms with van der Waals surface area (Å²) in [5, 5.41) is 11.2. The van der Waals surface area contributed by atoms with Gasteiger partial charge in [-0.1, -0.05) is 17.7 Å². The predicted octanol–water partition coefficient (Wildman–Crippen LogP) is 1.21. The second-order valence-corrected chi connectivity index (χ2v) is 4.45. The standard InChI is InChI=1S/C11H11NO4S/c1-3-6-12-10(13)7(2)17-9-5-4-8(16-9)11(14)15/h1,4-5,7H,6H2,2H3,(H,12,13)(H,14,15). The van der Waals surface area contributed by atoms with Crippen molar-refractivity contribution in [3.8, 4) is 12.3 Å². The van der Waals surface area contributed by atoms with Crippen LogP contribution in [0.2, 0.25) is 0 Å². The lowest BCUT2D eigenvalue weighted by molar-refractivity contribution is -0.120. The maximum Gasteiger partial charge on any atom is 0.371 e. The summed E-state index contributed by atoms with van der Waals surface area (Å²) in [5.41, 5.74) is 0. The summed E-state index contributed by atoms with van der Waals surface area (Å²) in [6.07, 6.45) is 5.01. The van der Waals surface area contributed by atoms with Crippen molar-refractivity contribution in [1.82, 2.24) is 5.32 Å². The average molecular weight is 253 g/mol. The molecule has 1 unspecified atom stereocenters. The van der Waals surface area contributed by atoms with Crippen molar-refractivity contribution in [3.63, 3.8) is 0 Å². The van der Waals surface area contributed by atoms with Crippen LogP contribution in [-0.4, -0.2) is 28.8 Å². The summed E-state index contributed by atoms with van der Waals surface area (Å²) in [6.45, 7) is 1.85. The zero-order chi connectivity index (χ0) is 12.8. The number of nitrogens with one attached hydrogen (secondary N) is 1. The zero-order valence-corrected chi connectivity index (χ0v) is 9.91. The molecule has 0 saturated carbocycles. The van der Waals surface area contributed by atoms with Gasteiger partial charge in [0.15, 0.2) is 5.09 Å². The monoisotopic (exact) mass is 253 g/mol. The molecule has 0 bridgehead atoms. The van der Waals surface area contributed by atoms with Gasteiger partial charge in [0.2, 0.25) is 11.7 Å². The van der Waals surface area contributed by atoms with E-state index in [0.29, 0.717) is 5.09 Å². The predicted molar refractivity (Wildman–Crippen MR) is 62.8 cm³/mol. The highest BCUT2D eigenvalue weighted by molar-refractivity contribution is 8.00. The minimum Gasteiger partial charge on any atom is -0.475 e. The second-order valence-electron chi connectivity index (χ2n) is 3.11. The Morgan fingerprint density at radius 1 is 1.65 bits per heavy atom.